The molecule has 5 N–H and O–H groups in total. The van der Waals surface area contributed by atoms with Gasteiger partial charge in [0.1, 0.15) is 16.8 Å². The summed E-state index contributed by atoms with van der Waals surface area (Å²) in [6, 6.07) is 29.7. The zero-order chi connectivity index (χ0) is 53.5. The Balaban J connectivity index is 0.000000369. The van der Waals surface area contributed by atoms with Crippen LogP contribution in [0.4, 0.5) is 37.7 Å². The number of carbonyl (C=O) groups is 5. The van der Waals surface area contributed by atoms with Gasteiger partial charge in [0.25, 0.3) is 11.8 Å². The summed E-state index contributed by atoms with van der Waals surface area (Å²) in [5.41, 5.74) is 10.2. The number of imidazole rings is 2. The molecule has 0 unspecified atom stereocenters. The molecule has 17 heteroatoms. The monoisotopic (exact) mass is 1030 g/mol. The first-order valence-electron chi connectivity index (χ1n) is 24.8. The average molecular weight is 1030 g/mol. The summed E-state index contributed by atoms with van der Waals surface area (Å²) < 4.78 is 17.7. The number of halogens is 1. The summed E-state index contributed by atoms with van der Waals surface area (Å²) in [7, 11) is 0. The van der Waals surface area contributed by atoms with Gasteiger partial charge in [-0.25, -0.2) is 28.9 Å². The van der Waals surface area contributed by atoms with Crippen molar-refractivity contribution >= 4 is 65.8 Å². The molecule has 396 valence electrons. The highest BCUT2D eigenvalue weighted by Crippen LogP contribution is 2.30. The second-order valence-corrected chi connectivity index (χ2v) is 20.6. The minimum Gasteiger partial charge on any atom is -0.443 e. The molecule has 0 aliphatic heterocycles. The second kappa shape index (κ2) is 26.5. The molecule has 0 atom stereocenters. The zero-order valence-corrected chi connectivity index (χ0v) is 45.4. The first kappa shape index (κ1) is 59.1. The molecule has 2 heterocycles. The molecule has 0 saturated carbocycles. The number of aryl methyl sites for hydroxylation is 2. The van der Waals surface area contributed by atoms with Gasteiger partial charge in [0.05, 0.1) is 23.8 Å². The molecule has 2 aromatic heterocycles. The highest BCUT2D eigenvalue weighted by atomic mass is 35.5. The molecule has 0 aliphatic rings. The number of unbranched alkanes of at least 4 members (excludes halogenated alkanes) is 4. The number of aromatic nitrogens is 4. The molecule has 16 nitrogen and oxygen atoms in total. The highest BCUT2D eigenvalue weighted by molar-refractivity contribution is 6.09. The van der Waals surface area contributed by atoms with E-state index in [4.69, 9.17) is 19.9 Å². The fraction of sp³-hybridized carbons (Fsp3) is 0.386. The maximum absolute atomic E-state index is 13.6. The Morgan fingerprint density at radius 3 is 1.36 bits per heavy atom. The van der Waals surface area contributed by atoms with Gasteiger partial charge in [-0.3, -0.25) is 9.59 Å². The van der Waals surface area contributed by atoms with Gasteiger partial charge in [0.15, 0.2) is 5.95 Å². The topological polar surface area (TPSA) is 213 Å². The molecular weight excluding hydrogens is 960 g/mol. The van der Waals surface area contributed by atoms with Gasteiger partial charge < -0.3 is 35.6 Å². The van der Waals surface area contributed by atoms with E-state index in [0.29, 0.717) is 33.2 Å². The van der Waals surface area contributed by atoms with Crippen LogP contribution in [-0.4, -0.2) is 66.4 Å². The standard InChI is InChI=1S/C36H48N4O7.C21H24N4O.ClH/c1-11-12-13-14-24-15-17-26(18-16-24)29(41)38-27-21-19-25(20-22-27)28-23-37-30(39(28)31(42)45-34(2,3)4)40(32(43)46-35(5,6)7)33(44)47-36(8,9)10;1-2-3-4-5-15-6-8-17(9-7-15)20(26)24-18-12-10-16(11-13-18)19-14-23-21(22)25-19;/h15-23H,11-14H2,1-10H3,(H,38,41);6-14H,2-5H2,1H3,(H,24,26)(H3,22,23,25);1H. The number of nitrogens with zero attached hydrogens (tertiary/aromatic N) is 4. The molecule has 0 aliphatic carbocycles. The van der Waals surface area contributed by atoms with Crippen LogP contribution in [0.5, 0.6) is 0 Å². The van der Waals surface area contributed by atoms with Crippen molar-refractivity contribution in [1.82, 2.24) is 19.5 Å². The van der Waals surface area contributed by atoms with Crippen molar-refractivity contribution in [3.8, 4) is 22.5 Å². The number of hydrogen-bond acceptors (Lipinski definition) is 11. The van der Waals surface area contributed by atoms with Crippen molar-refractivity contribution in [2.24, 2.45) is 0 Å². The number of hydrogen-bond donors (Lipinski definition) is 4. The second-order valence-electron chi connectivity index (χ2n) is 20.6. The molecule has 0 bridgehead atoms. The number of ether oxygens (including phenoxy) is 3. The lowest BCUT2D eigenvalue weighted by molar-refractivity contribution is 0.0422. The summed E-state index contributed by atoms with van der Waals surface area (Å²) in [5.74, 6) is -0.350. The van der Waals surface area contributed by atoms with Crippen molar-refractivity contribution in [1.29, 1.82) is 0 Å². The highest BCUT2D eigenvalue weighted by Gasteiger charge is 2.38. The summed E-state index contributed by atoms with van der Waals surface area (Å²) in [4.78, 5) is 77.6. The summed E-state index contributed by atoms with van der Waals surface area (Å²) >= 11 is 0. The SMILES string of the molecule is CCCCCc1ccc(C(=O)Nc2ccc(-c3cnc(N(C(=O)OC(C)(C)C)C(=O)OC(C)(C)C)n3C(=O)OC(C)(C)C)cc2)cc1.CCCCCc1ccc(C(=O)Nc2ccc(-c3cnc(N)[nH]3)cc2)cc1.Cl. The number of nitrogen functional groups attached to an aromatic ring is 1. The third-order valence-corrected chi connectivity index (χ3v) is 10.7. The Hall–Kier alpha value is -7.46. The fourth-order valence-corrected chi connectivity index (χ4v) is 7.20. The fourth-order valence-electron chi connectivity index (χ4n) is 7.20. The molecule has 0 radical (unpaired) electrons. The molecular formula is C57H73ClN8O8. The number of aromatic amines is 1. The van der Waals surface area contributed by atoms with Crippen molar-refractivity contribution < 1.29 is 38.2 Å². The Labute approximate surface area is 441 Å². The lowest BCUT2D eigenvalue weighted by Crippen LogP contribution is -2.45. The van der Waals surface area contributed by atoms with Crippen molar-refractivity contribution in [3.05, 3.63) is 132 Å². The minimum atomic E-state index is -1.08. The van der Waals surface area contributed by atoms with E-state index in [-0.39, 0.29) is 35.9 Å². The Bertz CT molecular complexity index is 2760. The zero-order valence-electron chi connectivity index (χ0n) is 44.6. The van der Waals surface area contributed by atoms with Crippen LogP contribution < -0.4 is 21.3 Å². The molecule has 74 heavy (non-hydrogen) atoms. The quantitative estimate of drug-likeness (QED) is 0.0561. The first-order chi connectivity index (χ1) is 34.4. The van der Waals surface area contributed by atoms with Gasteiger partial charge in [-0.05, 0) is 153 Å². The van der Waals surface area contributed by atoms with Crippen molar-refractivity contribution in [2.75, 3.05) is 21.3 Å². The number of carbonyl (C=O) groups excluding carboxylic acids is 5. The van der Waals surface area contributed by atoms with Crippen LogP contribution in [0.2, 0.25) is 0 Å². The smallest absolute Gasteiger partial charge is 0.427 e. The lowest BCUT2D eigenvalue weighted by Gasteiger charge is -2.28. The predicted octanol–water partition coefficient (Wildman–Crippen LogP) is 14.1. The normalized spacial score (nSPS) is 11.3. The Morgan fingerprint density at radius 1 is 0.568 bits per heavy atom. The summed E-state index contributed by atoms with van der Waals surface area (Å²) in [6.07, 6.45) is 9.11. The van der Waals surface area contributed by atoms with E-state index in [1.54, 1.807) is 92.8 Å². The van der Waals surface area contributed by atoms with E-state index in [9.17, 15) is 24.0 Å². The number of benzene rings is 4. The Morgan fingerprint density at radius 2 is 0.986 bits per heavy atom. The van der Waals surface area contributed by atoms with Crippen LogP contribution in [0, 0.1) is 0 Å². The molecule has 4 amide bonds. The molecule has 0 spiro atoms. The van der Waals surface area contributed by atoms with Crippen LogP contribution in [0.25, 0.3) is 22.5 Å². The summed E-state index contributed by atoms with van der Waals surface area (Å²) in [5, 5.41) is 5.81. The molecule has 6 aromatic rings. The van der Waals surface area contributed by atoms with E-state index >= 15 is 0 Å². The number of H-pyrrole nitrogens is 1. The molecule has 6 rings (SSSR count). The van der Waals surface area contributed by atoms with Gasteiger partial charge in [-0.1, -0.05) is 88.1 Å². The van der Waals surface area contributed by atoms with Crippen LogP contribution in [0.15, 0.2) is 109 Å². The maximum Gasteiger partial charge on any atom is 0.427 e. The number of nitrogens with two attached hydrogens (primary N) is 1. The summed E-state index contributed by atoms with van der Waals surface area (Å²) in [6.45, 7) is 19.3. The van der Waals surface area contributed by atoms with Crippen LogP contribution >= 0.6 is 12.4 Å². The van der Waals surface area contributed by atoms with Crippen LogP contribution in [0.1, 0.15) is 147 Å². The predicted molar refractivity (Wildman–Crippen MR) is 295 cm³/mol. The van der Waals surface area contributed by atoms with Gasteiger partial charge in [-0.15, -0.1) is 17.3 Å². The number of imide groups is 1. The van der Waals surface area contributed by atoms with Gasteiger partial charge in [0, 0.05) is 28.1 Å². The largest absolute Gasteiger partial charge is 0.443 e. The number of rotatable bonds is 15. The molecule has 0 saturated heterocycles. The minimum absolute atomic E-state index is 0. The number of amides is 4. The van der Waals surface area contributed by atoms with Crippen LogP contribution in [-0.2, 0) is 27.1 Å². The van der Waals surface area contributed by atoms with Gasteiger partial charge in [-0.2, -0.15) is 0 Å². The van der Waals surface area contributed by atoms with Gasteiger partial charge in [0.2, 0.25) is 5.95 Å². The maximum atomic E-state index is 13.6. The Kier molecular flexibility index (Phi) is 21.1. The van der Waals surface area contributed by atoms with Gasteiger partial charge >= 0.3 is 18.3 Å². The van der Waals surface area contributed by atoms with E-state index in [1.807, 2.05) is 72.8 Å². The first-order valence-corrected chi connectivity index (χ1v) is 24.8. The number of anilines is 4. The molecule has 4 aromatic carbocycles. The van der Waals surface area contributed by atoms with E-state index < -0.39 is 35.1 Å². The van der Waals surface area contributed by atoms with Crippen molar-refractivity contribution in [2.45, 2.75) is 144 Å². The van der Waals surface area contributed by atoms with E-state index in [2.05, 4.69) is 39.4 Å². The lowest BCUT2D eigenvalue weighted by atomic mass is 10.0. The molecule has 0 fully saturated rings. The average Bonchev–Trinajstić information content (AvgIpc) is 3.95. The van der Waals surface area contributed by atoms with E-state index in [0.717, 1.165) is 47.2 Å². The third-order valence-electron chi connectivity index (χ3n) is 10.7. The van der Waals surface area contributed by atoms with Crippen LogP contribution in [0.3, 0.4) is 0 Å². The third kappa shape index (κ3) is 18.2. The van der Waals surface area contributed by atoms with E-state index in [1.165, 1.54) is 43.0 Å². The number of nitrogens with one attached hydrogen (secondary N) is 3. The van der Waals surface area contributed by atoms with Crippen molar-refractivity contribution in [3.63, 3.8) is 0 Å².